The molecule has 2 rings (SSSR count). The number of allylic oxidation sites excluding steroid dienone is 6. The normalized spacial score (nSPS) is 11.2. The van der Waals surface area contributed by atoms with Gasteiger partial charge in [0.2, 0.25) is 5.75 Å². The Kier molecular flexibility index (Phi) is 7.86. The number of benzene rings is 2. The molecule has 0 aliphatic heterocycles. The molecular weight excluding hydrogens is 368 g/mol. The predicted molar refractivity (Wildman–Crippen MR) is 114 cm³/mol. The van der Waals surface area contributed by atoms with Crippen LogP contribution in [-0.4, -0.2) is 25.1 Å². The lowest BCUT2D eigenvalue weighted by molar-refractivity contribution is 0.104. The van der Waals surface area contributed by atoms with Gasteiger partial charge < -0.3 is 19.3 Å². The van der Waals surface area contributed by atoms with Crippen molar-refractivity contribution >= 4 is 5.78 Å². The second-order valence-corrected chi connectivity index (χ2v) is 5.91. The minimum Gasteiger partial charge on any atom is -0.504 e. The van der Waals surface area contributed by atoms with Gasteiger partial charge in [0, 0.05) is 6.07 Å². The highest BCUT2D eigenvalue weighted by Gasteiger charge is 2.24. The molecule has 0 atom stereocenters. The SMILES string of the molecule is C=C/C=C(C=C)/C=C/C(=O)c1c(OC)cc(OCc2ccccc2)c(OC)c1O. The minimum absolute atomic E-state index is 0.0188. The molecule has 1 N–H and O–H groups in total. The van der Waals surface area contributed by atoms with Gasteiger partial charge in [-0.05, 0) is 17.2 Å². The number of phenolic OH excluding ortho intramolecular Hbond substituents is 1. The predicted octanol–water partition coefficient (Wildman–Crippen LogP) is 5.03. The fourth-order valence-electron chi connectivity index (χ4n) is 2.63. The van der Waals surface area contributed by atoms with Crippen molar-refractivity contribution in [2.45, 2.75) is 6.61 Å². The number of carbonyl (C=O) groups excluding carboxylic acids is 1. The highest BCUT2D eigenvalue weighted by molar-refractivity contribution is 6.09. The first-order valence-electron chi connectivity index (χ1n) is 8.87. The smallest absolute Gasteiger partial charge is 0.204 e. The second-order valence-electron chi connectivity index (χ2n) is 5.91. The minimum atomic E-state index is -0.455. The molecule has 0 aromatic heterocycles. The summed E-state index contributed by atoms with van der Waals surface area (Å²) in [6.07, 6.45) is 7.77. The lowest BCUT2D eigenvalue weighted by Crippen LogP contribution is -2.04. The molecule has 0 heterocycles. The average molecular weight is 392 g/mol. The van der Waals surface area contributed by atoms with Crippen LogP contribution in [0.3, 0.4) is 0 Å². The summed E-state index contributed by atoms with van der Waals surface area (Å²) in [5.41, 5.74) is 1.62. The van der Waals surface area contributed by atoms with Gasteiger partial charge in [-0.25, -0.2) is 0 Å². The lowest BCUT2D eigenvalue weighted by atomic mass is 10.0. The molecule has 2 aromatic rings. The van der Waals surface area contributed by atoms with Gasteiger partial charge in [0.15, 0.2) is 17.3 Å². The standard InChI is InChI=1S/C24H24O5/c1-5-10-17(6-2)13-14-19(25)22-20(27-3)15-21(24(28-4)23(22)26)29-16-18-11-8-7-9-12-18/h5-15,26H,1-2,16H2,3-4H3/b14-13+,17-10+. The Labute approximate surface area is 170 Å². The van der Waals surface area contributed by atoms with Gasteiger partial charge >= 0.3 is 0 Å². The van der Waals surface area contributed by atoms with Crippen molar-refractivity contribution in [3.05, 3.63) is 96.6 Å². The van der Waals surface area contributed by atoms with E-state index in [0.717, 1.165) is 5.56 Å². The largest absolute Gasteiger partial charge is 0.504 e. The van der Waals surface area contributed by atoms with Gasteiger partial charge in [0.1, 0.15) is 17.9 Å². The molecule has 0 fully saturated rings. The van der Waals surface area contributed by atoms with Gasteiger partial charge in [-0.2, -0.15) is 0 Å². The molecule has 0 unspecified atom stereocenters. The van der Waals surface area contributed by atoms with Gasteiger partial charge in [-0.1, -0.05) is 67.8 Å². The van der Waals surface area contributed by atoms with Gasteiger partial charge in [-0.3, -0.25) is 4.79 Å². The summed E-state index contributed by atoms with van der Waals surface area (Å²) in [6.45, 7) is 7.56. The number of rotatable bonds is 10. The van der Waals surface area contributed by atoms with E-state index < -0.39 is 5.78 Å². The maximum Gasteiger partial charge on any atom is 0.204 e. The maximum absolute atomic E-state index is 12.7. The van der Waals surface area contributed by atoms with Crippen molar-refractivity contribution in [3.8, 4) is 23.0 Å². The molecule has 0 aliphatic rings. The van der Waals surface area contributed by atoms with E-state index in [-0.39, 0.29) is 35.2 Å². The van der Waals surface area contributed by atoms with Crippen LogP contribution >= 0.6 is 0 Å². The molecule has 0 saturated carbocycles. The number of aromatic hydroxyl groups is 1. The Morgan fingerprint density at radius 2 is 1.79 bits per heavy atom. The second kappa shape index (κ2) is 10.6. The van der Waals surface area contributed by atoms with Crippen molar-refractivity contribution in [2.24, 2.45) is 0 Å². The van der Waals surface area contributed by atoms with E-state index >= 15 is 0 Å². The van der Waals surface area contributed by atoms with Crippen molar-refractivity contribution in [1.29, 1.82) is 0 Å². The summed E-state index contributed by atoms with van der Waals surface area (Å²) in [5, 5.41) is 10.7. The maximum atomic E-state index is 12.7. The van der Waals surface area contributed by atoms with Crippen LogP contribution in [-0.2, 0) is 6.61 Å². The molecule has 0 saturated heterocycles. The van der Waals surface area contributed by atoms with Crippen molar-refractivity contribution in [2.75, 3.05) is 14.2 Å². The van der Waals surface area contributed by atoms with Crippen LogP contribution in [0.4, 0.5) is 0 Å². The van der Waals surface area contributed by atoms with Gasteiger partial charge in [-0.15, -0.1) is 0 Å². The van der Waals surface area contributed by atoms with Crippen LogP contribution in [0.15, 0.2) is 85.5 Å². The van der Waals surface area contributed by atoms with Crippen molar-refractivity contribution in [1.82, 2.24) is 0 Å². The van der Waals surface area contributed by atoms with E-state index in [1.54, 1.807) is 24.3 Å². The third kappa shape index (κ3) is 5.39. The Morgan fingerprint density at radius 3 is 2.38 bits per heavy atom. The molecule has 5 heteroatoms. The van der Waals surface area contributed by atoms with E-state index in [2.05, 4.69) is 13.2 Å². The summed E-state index contributed by atoms with van der Waals surface area (Å²) >= 11 is 0. The first-order valence-corrected chi connectivity index (χ1v) is 8.87. The number of carbonyl (C=O) groups is 1. The number of ether oxygens (including phenoxy) is 3. The number of hydrogen-bond donors (Lipinski definition) is 1. The number of methoxy groups -OCH3 is 2. The van der Waals surface area contributed by atoms with E-state index in [0.29, 0.717) is 5.57 Å². The third-order valence-electron chi connectivity index (χ3n) is 4.07. The Bertz CT molecular complexity index is 939. The fourth-order valence-corrected chi connectivity index (χ4v) is 2.63. The highest BCUT2D eigenvalue weighted by Crippen LogP contribution is 2.45. The number of ketones is 1. The molecule has 0 amide bonds. The highest BCUT2D eigenvalue weighted by atomic mass is 16.5. The third-order valence-corrected chi connectivity index (χ3v) is 4.07. The van der Waals surface area contributed by atoms with Crippen LogP contribution in [0.5, 0.6) is 23.0 Å². The van der Waals surface area contributed by atoms with Gasteiger partial charge in [0.25, 0.3) is 0 Å². The topological polar surface area (TPSA) is 65.0 Å². The Morgan fingerprint density at radius 1 is 1.07 bits per heavy atom. The fraction of sp³-hybridized carbons (Fsp3) is 0.125. The summed E-state index contributed by atoms with van der Waals surface area (Å²) in [5.74, 6) is -0.302. The molecule has 0 aliphatic carbocycles. The van der Waals surface area contributed by atoms with Gasteiger partial charge in [0.05, 0.1) is 14.2 Å². The van der Waals surface area contributed by atoms with E-state index in [1.165, 1.54) is 26.4 Å². The first kappa shape index (κ1) is 21.6. The summed E-state index contributed by atoms with van der Waals surface area (Å²) in [4.78, 5) is 12.7. The van der Waals surface area contributed by atoms with E-state index in [9.17, 15) is 9.90 Å². The monoisotopic (exact) mass is 392 g/mol. The van der Waals surface area contributed by atoms with E-state index in [1.807, 2.05) is 30.3 Å². The zero-order chi connectivity index (χ0) is 21.2. The quantitative estimate of drug-likeness (QED) is 0.349. The van der Waals surface area contributed by atoms with Crippen LogP contribution in [0.1, 0.15) is 15.9 Å². The Balaban J connectivity index is 2.39. The summed E-state index contributed by atoms with van der Waals surface area (Å²) in [6, 6.07) is 11.1. The zero-order valence-electron chi connectivity index (χ0n) is 16.6. The van der Waals surface area contributed by atoms with E-state index in [4.69, 9.17) is 14.2 Å². The van der Waals surface area contributed by atoms with Crippen LogP contribution in [0.25, 0.3) is 0 Å². The molecular formula is C24H24O5. The van der Waals surface area contributed by atoms with Crippen molar-refractivity contribution < 1.29 is 24.1 Å². The van der Waals surface area contributed by atoms with Crippen LogP contribution in [0, 0.1) is 0 Å². The number of hydrogen-bond acceptors (Lipinski definition) is 5. The molecule has 0 bridgehead atoms. The average Bonchev–Trinajstić information content (AvgIpc) is 2.75. The molecule has 29 heavy (non-hydrogen) atoms. The first-order chi connectivity index (χ1) is 14.0. The Hall–Kier alpha value is -3.73. The molecule has 2 aromatic carbocycles. The molecule has 0 radical (unpaired) electrons. The van der Waals surface area contributed by atoms with Crippen LogP contribution in [0.2, 0.25) is 0 Å². The number of phenols is 1. The molecule has 5 nitrogen and oxygen atoms in total. The summed E-state index contributed by atoms with van der Waals surface area (Å²) < 4.78 is 16.4. The summed E-state index contributed by atoms with van der Waals surface area (Å²) in [7, 11) is 2.80. The molecule has 150 valence electrons. The molecule has 0 spiro atoms. The van der Waals surface area contributed by atoms with Crippen LogP contribution < -0.4 is 14.2 Å². The zero-order valence-corrected chi connectivity index (χ0v) is 16.6. The lowest BCUT2D eigenvalue weighted by Gasteiger charge is -2.16. The van der Waals surface area contributed by atoms with Crippen molar-refractivity contribution in [3.63, 3.8) is 0 Å².